The van der Waals surface area contributed by atoms with Crippen molar-refractivity contribution in [1.82, 2.24) is 0 Å². The number of rotatable bonds is 24. The number of ether oxygens (including phenoxy) is 2. The zero-order valence-electron chi connectivity index (χ0n) is 21.3. The molecule has 33 heavy (non-hydrogen) atoms. The van der Waals surface area contributed by atoms with E-state index in [9.17, 15) is 9.90 Å². The standard InChI is InChI=1S/C29H50O4/c1-2-3-4-5-6-7-8-9-10-11-12-13-14-15-16-17-21-24-28(29(30)31)33-26-25-32-27-22-19-18-20-23-27/h18-20,22-23,28H,2-17,21,24-26H2,1H3,(H,30,31). The van der Waals surface area contributed by atoms with Crippen molar-refractivity contribution >= 4 is 5.97 Å². The molecule has 4 heteroatoms. The van der Waals surface area contributed by atoms with Crippen LogP contribution in [0.1, 0.15) is 122 Å². The molecule has 0 spiro atoms. The Morgan fingerprint density at radius 2 is 1.15 bits per heavy atom. The summed E-state index contributed by atoms with van der Waals surface area (Å²) in [5.74, 6) is -0.0904. The van der Waals surface area contributed by atoms with Crippen LogP contribution in [0, 0.1) is 0 Å². The van der Waals surface area contributed by atoms with E-state index < -0.39 is 12.1 Å². The zero-order chi connectivity index (χ0) is 23.8. The lowest BCUT2D eigenvalue weighted by atomic mass is 10.0. The van der Waals surface area contributed by atoms with Crippen LogP contribution in [0.15, 0.2) is 30.3 Å². The Kier molecular flexibility index (Phi) is 19.9. The molecule has 0 bridgehead atoms. The molecule has 4 nitrogen and oxygen atoms in total. The third-order valence-electron chi connectivity index (χ3n) is 6.26. The number of unbranched alkanes of at least 4 members (excludes halogenated alkanes) is 16. The molecule has 0 saturated heterocycles. The van der Waals surface area contributed by atoms with Crippen LogP contribution in [-0.2, 0) is 9.53 Å². The summed E-state index contributed by atoms with van der Waals surface area (Å²) in [6, 6.07) is 9.52. The van der Waals surface area contributed by atoms with Crippen molar-refractivity contribution in [2.45, 2.75) is 129 Å². The van der Waals surface area contributed by atoms with Crippen molar-refractivity contribution in [3.8, 4) is 5.75 Å². The summed E-state index contributed by atoms with van der Waals surface area (Å²) in [5.41, 5.74) is 0. The van der Waals surface area contributed by atoms with E-state index in [2.05, 4.69) is 6.92 Å². The van der Waals surface area contributed by atoms with Gasteiger partial charge in [-0.1, -0.05) is 134 Å². The van der Waals surface area contributed by atoms with Gasteiger partial charge < -0.3 is 14.6 Å². The van der Waals surface area contributed by atoms with E-state index in [1.807, 2.05) is 30.3 Å². The molecule has 0 aliphatic rings. The van der Waals surface area contributed by atoms with Gasteiger partial charge in [0.15, 0.2) is 6.10 Å². The largest absolute Gasteiger partial charge is 0.491 e. The fraction of sp³-hybridized carbons (Fsp3) is 0.759. The number of aliphatic carboxylic acids is 1. The van der Waals surface area contributed by atoms with Gasteiger partial charge in [0.1, 0.15) is 12.4 Å². The predicted octanol–water partition coefficient (Wildman–Crippen LogP) is 8.58. The average molecular weight is 463 g/mol. The van der Waals surface area contributed by atoms with Gasteiger partial charge in [-0.05, 0) is 18.6 Å². The SMILES string of the molecule is CCCCCCCCCCCCCCCCCCCC(OCCOc1ccccc1)C(=O)O. The van der Waals surface area contributed by atoms with Crippen LogP contribution in [-0.4, -0.2) is 30.4 Å². The van der Waals surface area contributed by atoms with E-state index >= 15 is 0 Å². The van der Waals surface area contributed by atoms with Crippen molar-refractivity contribution in [2.75, 3.05) is 13.2 Å². The monoisotopic (exact) mass is 462 g/mol. The lowest BCUT2D eigenvalue weighted by Gasteiger charge is -2.14. The molecule has 1 N–H and O–H groups in total. The summed E-state index contributed by atoms with van der Waals surface area (Å²) >= 11 is 0. The maximum atomic E-state index is 11.4. The van der Waals surface area contributed by atoms with Crippen LogP contribution in [0.5, 0.6) is 5.75 Å². The maximum Gasteiger partial charge on any atom is 0.332 e. The molecule has 1 aromatic rings. The fourth-order valence-electron chi connectivity index (χ4n) is 4.20. The second-order valence-corrected chi connectivity index (χ2v) is 9.30. The third kappa shape index (κ3) is 18.6. The number of carboxylic acid groups (broad SMARTS) is 1. The van der Waals surface area contributed by atoms with Gasteiger partial charge in [0.25, 0.3) is 0 Å². The Morgan fingerprint density at radius 1 is 0.697 bits per heavy atom. The van der Waals surface area contributed by atoms with E-state index in [1.165, 1.54) is 96.3 Å². The first kappa shape index (κ1) is 29.5. The number of para-hydroxylation sites is 1. The van der Waals surface area contributed by atoms with Crippen LogP contribution >= 0.6 is 0 Å². The minimum Gasteiger partial charge on any atom is -0.491 e. The highest BCUT2D eigenvalue weighted by molar-refractivity contribution is 5.72. The summed E-state index contributed by atoms with van der Waals surface area (Å²) in [6.45, 7) is 2.94. The Bertz CT molecular complexity index is 546. The van der Waals surface area contributed by atoms with E-state index in [0.717, 1.165) is 18.6 Å². The van der Waals surface area contributed by atoms with Gasteiger partial charge in [-0.2, -0.15) is 0 Å². The maximum absolute atomic E-state index is 11.4. The third-order valence-corrected chi connectivity index (χ3v) is 6.26. The Hall–Kier alpha value is -1.55. The van der Waals surface area contributed by atoms with Gasteiger partial charge >= 0.3 is 5.97 Å². The Balaban J connectivity index is 1.85. The molecular formula is C29H50O4. The first-order chi connectivity index (χ1) is 16.2. The zero-order valence-corrected chi connectivity index (χ0v) is 21.3. The van der Waals surface area contributed by atoms with Crippen LogP contribution in [0.4, 0.5) is 0 Å². The molecule has 0 amide bonds. The van der Waals surface area contributed by atoms with E-state index in [1.54, 1.807) is 0 Å². The minimum absolute atomic E-state index is 0.296. The van der Waals surface area contributed by atoms with E-state index in [0.29, 0.717) is 19.6 Å². The van der Waals surface area contributed by atoms with Crippen molar-refractivity contribution in [3.05, 3.63) is 30.3 Å². The minimum atomic E-state index is -0.869. The normalized spacial score (nSPS) is 12.0. The van der Waals surface area contributed by atoms with Crippen molar-refractivity contribution in [3.63, 3.8) is 0 Å². The molecule has 0 aromatic heterocycles. The Morgan fingerprint density at radius 3 is 1.61 bits per heavy atom. The summed E-state index contributed by atoms with van der Waals surface area (Å²) < 4.78 is 11.1. The molecular weight excluding hydrogens is 412 g/mol. The number of hydrogen-bond acceptors (Lipinski definition) is 3. The fourth-order valence-corrected chi connectivity index (χ4v) is 4.20. The first-order valence-electron chi connectivity index (χ1n) is 13.8. The second kappa shape index (κ2) is 22.3. The lowest BCUT2D eigenvalue weighted by molar-refractivity contribution is -0.151. The second-order valence-electron chi connectivity index (χ2n) is 9.30. The van der Waals surface area contributed by atoms with Crippen LogP contribution < -0.4 is 4.74 Å². The molecule has 190 valence electrons. The van der Waals surface area contributed by atoms with Crippen molar-refractivity contribution in [2.24, 2.45) is 0 Å². The molecule has 0 aliphatic heterocycles. The molecule has 1 rings (SSSR count). The van der Waals surface area contributed by atoms with Gasteiger partial charge in [0.2, 0.25) is 0 Å². The predicted molar refractivity (Wildman–Crippen MR) is 138 cm³/mol. The first-order valence-corrected chi connectivity index (χ1v) is 13.8. The molecule has 0 aliphatic carbocycles. The number of carboxylic acids is 1. The van der Waals surface area contributed by atoms with Gasteiger partial charge in [-0.15, -0.1) is 0 Å². The molecule has 0 heterocycles. The summed E-state index contributed by atoms with van der Waals surface area (Å²) in [6.07, 6.45) is 22.5. The number of hydrogen-bond donors (Lipinski definition) is 1. The molecule has 0 radical (unpaired) electrons. The lowest BCUT2D eigenvalue weighted by Crippen LogP contribution is -2.26. The highest BCUT2D eigenvalue weighted by Gasteiger charge is 2.17. The number of carbonyl (C=O) groups is 1. The number of benzene rings is 1. The summed E-state index contributed by atoms with van der Waals surface area (Å²) in [4.78, 5) is 11.4. The van der Waals surface area contributed by atoms with Crippen LogP contribution in [0.3, 0.4) is 0 Å². The van der Waals surface area contributed by atoms with Crippen LogP contribution in [0.2, 0.25) is 0 Å². The smallest absolute Gasteiger partial charge is 0.332 e. The summed E-state index contributed by atoms with van der Waals surface area (Å²) in [7, 11) is 0. The molecule has 0 saturated carbocycles. The van der Waals surface area contributed by atoms with Gasteiger partial charge in [-0.25, -0.2) is 4.79 Å². The molecule has 1 atom stereocenters. The van der Waals surface area contributed by atoms with Crippen molar-refractivity contribution in [1.29, 1.82) is 0 Å². The topological polar surface area (TPSA) is 55.8 Å². The van der Waals surface area contributed by atoms with Crippen LogP contribution in [0.25, 0.3) is 0 Å². The average Bonchev–Trinajstić information content (AvgIpc) is 2.82. The van der Waals surface area contributed by atoms with E-state index in [4.69, 9.17) is 9.47 Å². The molecule has 0 fully saturated rings. The molecule has 1 aromatic carbocycles. The summed E-state index contributed by atoms with van der Waals surface area (Å²) in [5, 5.41) is 9.36. The quantitative estimate of drug-likeness (QED) is 0.156. The van der Waals surface area contributed by atoms with Gasteiger partial charge in [-0.3, -0.25) is 0 Å². The Labute approximate surface area is 203 Å². The van der Waals surface area contributed by atoms with Crippen molar-refractivity contribution < 1.29 is 19.4 Å². The highest BCUT2D eigenvalue weighted by atomic mass is 16.5. The van der Waals surface area contributed by atoms with E-state index in [-0.39, 0.29) is 0 Å². The van der Waals surface area contributed by atoms with Gasteiger partial charge in [0.05, 0.1) is 6.61 Å². The van der Waals surface area contributed by atoms with Gasteiger partial charge in [0, 0.05) is 0 Å². The highest BCUT2D eigenvalue weighted by Crippen LogP contribution is 2.15. The molecule has 1 unspecified atom stereocenters.